The minimum absolute atomic E-state index is 0.0666. The summed E-state index contributed by atoms with van der Waals surface area (Å²) in [6, 6.07) is 10.9. The van der Waals surface area contributed by atoms with E-state index in [0.717, 1.165) is 24.0 Å². The quantitative estimate of drug-likeness (QED) is 0.664. The summed E-state index contributed by atoms with van der Waals surface area (Å²) in [5.41, 5.74) is 4.89. The van der Waals surface area contributed by atoms with E-state index in [-0.39, 0.29) is 24.0 Å². The first-order chi connectivity index (χ1) is 13.4. The van der Waals surface area contributed by atoms with Gasteiger partial charge >= 0.3 is 0 Å². The molecule has 0 bridgehead atoms. The number of methoxy groups -OCH3 is 1. The molecule has 0 saturated heterocycles. The van der Waals surface area contributed by atoms with E-state index in [1.165, 1.54) is 36.8 Å². The molecule has 0 atom stereocenters. The molecule has 0 aliphatic heterocycles. The summed E-state index contributed by atoms with van der Waals surface area (Å²) in [5.74, 6) is -0.285. The minimum Gasteiger partial charge on any atom is -0.383 e. The van der Waals surface area contributed by atoms with Crippen LogP contribution in [0.1, 0.15) is 39.0 Å². The Morgan fingerprint density at radius 2 is 1.89 bits per heavy atom. The molecule has 2 aromatic rings. The number of hydrogen-bond donors (Lipinski definition) is 2. The van der Waals surface area contributed by atoms with Crippen molar-refractivity contribution in [1.29, 1.82) is 0 Å². The SMILES string of the molecule is COCCNS(=O)(=O)c1ccc(C)c(C(=O)NCc2ccc3c(c2)CCC3)c1. The van der Waals surface area contributed by atoms with Crippen molar-refractivity contribution < 1.29 is 17.9 Å². The van der Waals surface area contributed by atoms with E-state index >= 15 is 0 Å². The Balaban J connectivity index is 1.71. The number of hydrogen-bond acceptors (Lipinski definition) is 4. The fourth-order valence-corrected chi connectivity index (χ4v) is 4.43. The van der Waals surface area contributed by atoms with Gasteiger partial charge in [0.05, 0.1) is 11.5 Å². The number of aryl methyl sites for hydroxylation is 3. The Morgan fingerprint density at radius 1 is 1.11 bits per heavy atom. The van der Waals surface area contributed by atoms with Crippen molar-refractivity contribution in [3.63, 3.8) is 0 Å². The third kappa shape index (κ3) is 4.79. The van der Waals surface area contributed by atoms with E-state index in [1.807, 2.05) is 6.07 Å². The van der Waals surface area contributed by atoms with Crippen LogP contribution in [0.4, 0.5) is 0 Å². The van der Waals surface area contributed by atoms with Gasteiger partial charge in [-0.25, -0.2) is 13.1 Å². The van der Waals surface area contributed by atoms with E-state index in [4.69, 9.17) is 4.74 Å². The van der Waals surface area contributed by atoms with Gasteiger partial charge in [0.25, 0.3) is 5.91 Å². The number of ether oxygens (including phenoxy) is 1. The highest BCUT2D eigenvalue weighted by molar-refractivity contribution is 7.89. The predicted molar refractivity (Wildman–Crippen MR) is 108 cm³/mol. The number of nitrogens with one attached hydrogen (secondary N) is 2. The van der Waals surface area contributed by atoms with Crippen LogP contribution in [0.25, 0.3) is 0 Å². The lowest BCUT2D eigenvalue weighted by atomic mass is 10.1. The molecule has 0 aromatic heterocycles. The zero-order valence-electron chi connectivity index (χ0n) is 16.2. The monoisotopic (exact) mass is 402 g/mol. The highest BCUT2D eigenvalue weighted by atomic mass is 32.2. The van der Waals surface area contributed by atoms with Crippen LogP contribution in [0, 0.1) is 6.92 Å². The van der Waals surface area contributed by atoms with Gasteiger partial charge < -0.3 is 10.1 Å². The van der Waals surface area contributed by atoms with Gasteiger partial charge in [0.15, 0.2) is 0 Å². The third-order valence-corrected chi connectivity index (χ3v) is 6.44. The number of sulfonamides is 1. The lowest BCUT2D eigenvalue weighted by Gasteiger charge is -2.12. The van der Waals surface area contributed by atoms with E-state index in [0.29, 0.717) is 12.1 Å². The Bertz CT molecular complexity index is 970. The van der Waals surface area contributed by atoms with Crippen molar-refractivity contribution in [2.24, 2.45) is 0 Å². The highest BCUT2D eigenvalue weighted by Crippen LogP contribution is 2.23. The highest BCUT2D eigenvalue weighted by Gasteiger charge is 2.18. The lowest BCUT2D eigenvalue weighted by molar-refractivity contribution is 0.0950. The largest absolute Gasteiger partial charge is 0.383 e. The van der Waals surface area contributed by atoms with Crippen LogP contribution in [0.3, 0.4) is 0 Å². The summed E-state index contributed by atoms with van der Waals surface area (Å²) in [6.45, 7) is 2.65. The Hall–Kier alpha value is -2.22. The van der Waals surface area contributed by atoms with Crippen molar-refractivity contribution >= 4 is 15.9 Å². The molecule has 2 N–H and O–H groups in total. The molecule has 0 heterocycles. The standard InChI is InChI=1S/C21H26N2O4S/c1-15-6-9-19(28(25,26)23-10-11-27-2)13-20(15)21(24)22-14-16-7-8-17-4-3-5-18(17)12-16/h6-9,12-13,23H,3-5,10-11,14H2,1-2H3,(H,22,24). The molecular weight excluding hydrogens is 376 g/mol. The minimum atomic E-state index is -3.69. The van der Waals surface area contributed by atoms with E-state index < -0.39 is 10.0 Å². The molecule has 1 aliphatic rings. The van der Waals surface area contributed by atoms with E-state index in [2.05, 4.69) is 22.2 Å². The molecule has 0 saturated carbocycles. The molecule has 0 spiro atoms. The third-order valence-electron chi connectivity index (χ3n) is 4.98. The number of rotatable bonds is 8. The second-order valence-corrected chi connectivity index (χ2v) is 8.77. The molecular formula is C21H26N2O4S. The Labute approximate surface area is 166 Å². The average Bonchev–Trinajstić information content (AvgIpc) is 3.14. The number of carbonyl (C=O) groups excluding carboxylic acids is 1. The van der Waals surface area contributed by atoms with Crippen molar-refractivity contribution in [3.05, 3.63) is 64.2 Å². The summed E-state index contributed by atoms with van der Waals surface area (Å²) in [6.07, 6.45) is 3.40. The summed E-state index contributed by atoms with van der Waals surface area (Å²) in [5, 5.41) is 2.90. The van der Waals surface area contributed by atoms with Crippen molar-refractivity contribution in [3.8, 4) is 0 Å². The maximum atomic E-state index is 12.7. The Morgan fingerprint density at radius 3 is 2.68 bits per heavy atom. The molecule has 2 aromatic carbocycles. The van der Waals surface area contributed by atoms with Crippen LogP contribution in [-0.2, 0) is 34.1 Å². The van der Waals surface area contributed by atoms with Crippen LogP contribution in [-0.4, -0.2) is 34.6 Å². The van der Waals surface area contributed by atoms with E-state index in [9.17, 15) is 13.2 Å². The summed E-state index contributed by atoms with van der Waals surface area (Å²) in [4.78, 5) is 12.7. The molecule has 0 unspecified atom stereocenters. The second kappa shape index (κ2) is 8.86. The number of amides is 1. The number of benzene rings is 2. The molecule has 0 fully saturated rings. The van der Waals surface area contributed by atoms with Gasteiger partial charge in [-0.2, -0.15) is 0 Å². The van der Waals surface area contributed by atoms with Crippen molar-refractivity contribution in [1.82, 2.24) is 10.0 Å². The topological polar surface area (TPSA) is 84.5 Å². The lowest BCUT2D eigenvalue weighted by Crippen LogP contribution is -2.28. The van der Waals surface area contributed by atoms with Crippen LogP contribution in [0.2, 0.25) is 0 Å². The fraction of sp³-hybridized carbons (Fsp3) is 0.381. The van der Waals surface area contributed by atoms with Gasteiger partial charge in [-0.15, -0.1) is 0 Å². The molecule has 1 amide bonds. The first-order valence-corrected chi connectivity index (χ1v) is 10.9. The van der Waals surface area contributed by atoms with Gasteiger partial charge in [-0.1, -0.05) is 24.3 Å². The summed E-state index contributed by atoms with van der Waals surface area (Å²) in [7, 11) is -2.19. The molecule has 28 heavy (non-hydrogen) atoms. The fourth-order valence-electron chi connectivity index (χ4n) is 3.39. The predicted octanol–water partition coefficient (Wildman–Crippen LogP) is 2.34. The van der Waals surface area contributed by atoms with Crippen LogP contribution < -0.4 is 10.0 Å². The maximum absolute atomic E-state index is 12.7. The zero-order valence-corrected chi connectivity index (χ0v) is 17.1. The first-order valence-electron chi connectivity index (χ1n) is 9.39. The van der Waals surface area contributed by atoms with Gasteiger partial charge in [0, 0.05) is 25.8 Å². The first kappa shape index (κ1) is 20.5. The molecule has 7 heteroatoms. The average molecular weight is 403 g/mol. The summed E-state index contributed by atoms with van der Waals surface area (Å²) >= 11 is 0. The van der Waals surface area contributed by atoms with Gasteiger partial charge in [-0.3, -0.25) is 4.79 Å². The number of fused-ring (bicyclic) bond motifs is 1. The smallest absolute Gasteiger partial charge is 0.251 e. The normalized spacial score (nSPS) is 13.4. The Kier molecular flexibility index (Phi) is 6.49. The van der Waals surface area contributed by atoms with Gasteiger partial charge in [-0.05, 0) is 60.6 Å². The van der Waals surface area contributed by atoms with Crippen molar-refractivity contribution in [2.45, 2.75) is 37.6 Å². The van der Waals surface area contributed by atoms with Crippen LogP contribution in [0.15, 0.2) is 41.3 Å². The van der Waals surface area contributed by atoms with Crippen molar-refractivity contribution in [2.75, 3.05) is 20.3 Å². The maximum Gasteiger partial charge on any atom is 0.251 e. The summed E-state index contributed by atoms with van der Waals surface area (Å²) < 4.78 is 32.1. The second-order valence-electron chi connectivity index (χ2n) is 7.01. The molecule has 6 nitrogen and oxygen atoms in total. The molecule has 3 rings (SSSR count). The number of carbonyl (C=O) groups is 1. The van der Waals surface area contributed by atoms with E-state index in [1.54, 1.807) is 13.0 Å². The van der Waals surface area contributed by atoms with Crippen LogP contribution >= 0.6 is 0 Å². The van der Waals surface area contributed by atoms with Gasteiger partial charge in [0.2, 0.25) is 10.0 Å². The molecule has 150 valence electrons. The molecule has 1 aliphatic carbocycles. The zero-order chi connectivity index (χ0) is 20.1. The van der Waals surface area contributed by atoms with Gasteiger partial charge in [0.1, 0.15) is 0 Å². The molecule has 0 radical (unpaired) electrons. The van der Waals surface area contributed by atoms with Crippen LogP contribution in [0.5, 0.6) is 0 Å².